The summed E-state index contributed by atoms with van der Waals surface area (Å²) in [6.45, 7) is 0.314. The molecule has 0 spiro atoms. The summed E-state index contributed by atoms with van der Waals surface area (Å²) in [6.07, 6.45) is -1.68. The Morgan fingerprint density at radius 2 is 1.96 bits per heavy atom. The number of alkyl halides is 2. The van der Waals surface area contributed by atoms with E-state index < -0.39 is 36.3 Å². The van der Waals surface area contributed by atoms with Crippen molar-refractivity contribution in [3.63, 3.8) is 0 Å². The maximum absolute atomic E-state index is 13.5. The van der Waals surface area contributed by atoms with Gasteiger partial charge in [-0.3, -0.25) is 4.79 Å². The zero-order valence-electron chi connectivity index (χ0n) is 13.0. The van der Waals surface area contributed by atoms with E-state index in [4.69, 9.17) is 22.4 Å². The number of likely N-dealkylation sites (tertiary alicyclic amines) is 1. The molecule has 2 aliphatic rings. The molecule has 0 bridgehead atoms. The van der Waals surface area contributed by atoms with Crippen LogP contribution in [-0.2, 0) is 4.79 Å². The molecule has 4 unspecified atom stereocenters. The van der Waals surface area contributed by atoms with Gasteiger partial charge in [0.15, 0.2) is 6.10 Å². The Labute approximate surface area is 140 Å². The summed E-state index contributed by atoms with van der Waals surface area (Å²) in [4.78, 5) is 13.3. The molecule has 0 radical (unpaired) electrons. The fourth-order valence-corrected chi connectivity index (χ4v) is 3.98. The minimum absolute atomic E-state index is 0.0204. The first kappa shape index (κ1) is 18.9. The third-order valence-electron chi connectivity index (χ3n) is 5.20. The second-order valence-electron chi connectivity index (χ2n) is 6.67. The lowest BCUT2D eigenvalue weighted by molar-refractivity contribution is -0.143. The number of carbonyl (C=O) groups is 1. The van der Waals surface area contributed by atoms with Gasteiger partial charge in [-0.15, -0.1) is 11.6 Å². The van der Waals surface area contributed by atoms with E-state index in [-0.39, 0.29) is 24.3 Å². The number of nitrogens with zero attached hydrogens (tertiary/aromatic N) is 1. The maximum Gasteiger partial charge on any atom is 0.253 e. The molecule has 1 saturated heterocycles. The number of aliphatic hydroxyl groups excluding tert-OH is 3. The lowest BCUT2D eigenvalue weighted by atomic mass is 9.74. The summed E-state index contributed by atoms with van der Waals surface area (Å²) in [5.41, 5.74) is 6.29. The molecule has 2 fully saturated rings. The van der Waals surface area contributed by atoms with Crippen molar-refractivity contribution in [2.45, 2.75) is 55.5 Å². The van der Waals surface area contributed by atoms with Crippen LogP contribution in [-0.4, -0.2) is 75.6 Å². The van der Waals surface area contributed by atoms with Gasteiger partial charge in [0.1, 0.15) is 6.17 Å². The zero-order valence-corrected chi connectivity index (χ0v) is 13.8. The number of carbonyl (C=O) groups excluding carboxylic acids is 1. The van der Waals surface area contributed by atoms with Gasteiger partial charge in [0.2, 0.25) is 0 Å². The van der Waals surface area contributed by atoms with Crippen LogP contribution >= 0.6 is 11.6 Å². The van der Waals surface area contributed by atoms with Gasteiger partial charge in [-0.1, -0.05) is 0 Å². The van der Waals surface area contributed by atoms with Gasteiger partial charge < -0.3 is 26.0 Å². The van der Waals surface area contributed by atoms with Crippen LogP contribution < -0.4 is 5.73 Å². The largest absolute Gasteiger partial charge is 0.393 e. The monoisotopic (exact) mass is 352 g/mol. The molecule has 134 valence electrons. The molecule has 0 aromatic heterocycles. The van der Waals surface area contributed by atoms with Crippen LogP contribution in [0.3, 0.4) is 0 Å². The van der Waals surface area contributed by atoms with Gasteiger partial charge in [0, 0.05) is 31.5 Å². The molecule has 2 rings (SSSR count). The first-order valence-electron chi connectivity index (χ1n) is 8.14. The van der Waals surface area contributed by atoms with Crippen molar-refractivity contribution in [1.29, 1.82) is 0 Å². The number of aliphatic hydroxyl groups is 3. The second-order valence-corrected chi connectivity index (χ2v) is 7.23. The van der Waals surface area contributed by atoms with Crippen molar-refractivity contribution in [1.82, 2.24) is 4.90 Å². The molecule has 0 aromatic rings. The van der Waals surface area contributed by atoms with Crippen molar-refractivity contribution >= 4 is 17.5 Å². The fraction of sp³-hybridized carbons (Fsp3) is 0.933. The van der Waals surface area contributed by atoms with Crippen molar-refractivity contribution < 1.29 is 24.5 Å². The fourth-order valence-electron chi connectivity index (χ4n) is 3.67. The van der Waals surface area contributed by atoms with E-state index in [1.54, 1.807) is 0 Å². The summed E-state index contributed by atoms with van der Waals surface area (Å²) < 4.78 is 13.5. The van der Waals surface area contributed by atoms with Crippen LogP contribution in [0.4, 0.5) is 4.39 Å². The molecule has 8 heteroatoms. The van der Waals surface area contributed by atoms with Gasteiger partial charge >= 0.3 is 0 Å². The Bertz CT molecular complexity index is 409. The molecule has 23 heavy (non-hydrogen) atoms. The third kappa shape index (κ3) is 4.33. The van der Waals surface area contributed by atoms with Crippen LogP contribution in [0.2, 0.25) is 0 Å². The van der Waals surface area contributed by atoms with Crippen LogP contribution in [0.15, 0.2) is 0 Å². The van der Waals surface area contributed by atoms with Crippen molar-refractivity contribution in [2.24, 2.45) is 17.6 Å². The maximum atomic E-state index is 13.5. The van der Waals surface area contributed by atoms with E-state index in [0.717, 1.165) is 0 Å². The standard InChI is InChI=1S/C15H26ClFN2O4/c16-10-5-9(12(21)6-11(10)17)14(18)8-1-3-19(4-2-8)15(23)13(22)7-20/h8-14,20-22H,1-7,18H2/t9?,10?,11?,12?,13-,14-/m1/s1. The quantitative estimate of drug-likeness (QED) is 0.516. The van der Waals surface area contributed by atoms with Crippen molar-refractivity contribution in [3.05, 3.63) is 0 Å². The third-order valence-corrected chi connectivity index (χ3v) is 5.65. The first-order valence-corrected chi connectivity index (χ1v) is 8.58. The zero-order chi connectivity index (χ0) is 17.1. The van der Waals surface area contributed by atoms with Crippen LogP contribution in [0.5, 0.6) is 0 Å². The SMILES string of the molecule is N[C@H](C1CCN(C(=O)[C@H](O)CO)CC1)C1CC(Cl)C(F)CC1O. The molecular formula is C15H26ClFN2O4. The van der Waals surface area contributed by atoms with E-state index in [9.17, 15) is 19.4 Å². The summed E-state index contributed by atoms with van der Waals surface area (Å²) in [7, 11) is 0. The molecule has 1 amide bonds. The predicted molar refractivity (Wildman–Crippen MR) is 83.6 cm³/mol. The minimum Gasteiger partial charge on any atom is -0.393 e. The predicted octanol–water partition coefficient (Wildman–Crippen LogP) is -0.378. The lowest BCUT2D eigenvalue weighted by Gasteiger charge is -2.42. The van der Waals surface area contributed by atoms with E-state index in [0.29, 0.717) is 32.4 Å². The molecule has 1 aliphatic heterocycles. The highest BCUT2D eigenvalue weighted by molar-refractivity contribution is 6.21. The number of piperidine rings is 1. The number of hydrogen-bond acceptors (Lipinski definition) is 5. The van der Waals surface area contributed by atoms with E-state index in [1.807, 2.05) is 0 Å². The van der Waals surface area contributed by atoms with Gasteiger partial charge in [0.25, 0.3) is 5.91 Å². The Morgan fingerprint density at radius 1 is 1.35 bits per heavy atom. The summed E-state index contributed by atoms with van der Waals surface area (Å²) in [5.74, 6) is -0.594. The molecule has 6 nitrogen and oxygen atoms in total. The summed E-state index contributed by atoms with van der Waals surface area (Å²) >= 11 is 5.98. The Kier molecular flexibility index (Phi) is 6.62. The van der Waals surface area contributed by atoms with Crippen LogP contribution in [0, 0.1) is 11.8 Å². The lowest BCUT2D eigenvalue weighted by Crippen LogP contribution is -2.53. The van der Waals surface area contributed by atoms with Gasteiger partial charge in [-0.25, -0.2) is 4.39 Å². The van der Waals surface area contributed by atoms with Crippen LogP contribution in [0.1, 0.15) is 25.7 Å². The highest BCUT2D eigenvalue weighted by Gasteiger charge is 2.41. The van der Waals surface area contributed by atoms with Crippen molar-refractivity contribution in [2.75, 3.05) is 19.7 Å². The first-order chi connectivity index (χ1) is 10.8. The Morgan fingerprint density at radius 3 is 2.52 bits per heavy atom. The Balaban J connectivity index is 1.88. The molecule has 0 aromatic carbocycles. The van der Waals surface area contributed by atoms with Crippen LogP contribution in [0.25, 0.3) is 0 Å². The smallest absolute Gasteiger partial charge is 0.253 e. The molecule has 6 atom stereocenters. The topological polar surface area (TPSA) is 107 Å². The molecule has 5 N–H and O–H groups in total. The highest BCUT2D eigenvalue weighted by Crippen LogP contribution is 2.36. The average molecular weight is 353 g/mol. The Hall–Kier alpha value is -0.470. The van der Waals surface area contributed by atoms with Gasteiger partial charge in [0.05, 0.1) is 18.1 Å². The van der Waals surface area contributed by atoms with Crippen molar-refractivity contribution in [3.8, 4) is 0 Å². The number of rotatable bonds is 4. The molecular weight excluding hydrogens is 327 g/mol. The van der Waals surface area contributed by atoms with Gasteiger partial charge in [-0.2, -0.15) is 0 Å². The van der Waals surface area contributed by atoms with E-state index in [1.165, 1.54) is 4.90 Å². The minimum atomic E-state index is -1.38. The molecule has 1 heterocycles. The molecule has 1 aliphatic carbocycles. The summed E-state index contributed by atoms with van der Waals surface area (Å²) in [5, 5.41) is 27.7. The normalized spacial score (nSPS) is 35.8. The number of hydrogen-bond donors (Lipinski definition) is 4. The summed E-state index contributed by atoms with van der Waals surface area (Å²) in [6, 6.07) is -0.293. The van der Waals surface area contributed by atoms with E-state index in [2.05, 4.69) is 0 Å². The number of amides is 1. The van der Waals surface area contributed by atoms with Gasteiger partial charge in [-0.05, 0) is 25.2 Å². The average Bonchev–Trinajstić information content (AvgIpc) is 2.56. The molecule has 1 saturated carbocycles. The van der Waals surface area contributed by atoms with E-state index >= 15 is 0 Å². The number of halogens is 2. The second kappa shape index (κ2) is 8.07. The highest BCUT2D eigenvalue weighted by atomic mass is 35.5. The number of nitrogens with two attached hydrogens (primary N) is 1.